The van der Waals surface area contributed by atoms with Gasteiger partial charge >= 0.3 is 0 Å². The Morgan fingerprint density at radius 1 is 1.26 bits per heavy atom. The first-order valence-corrected chi connectivity index (χ1v) is 9.62. The van der Waals surface area contributed by atoms with Crippen LogP contribution in [-0.2, 0) is 0 Å². The third kappa shape index (κ3) is 3.78. The average Bonchev–Trinajstić information content (AvgIpc) is 2.94. The average molecular weight is 468 g/mol. The van der Waals surface area contributed by atoms with Crippen LogP contribution < -0.4 is 0 Å². The van der Waals surface area contributed by atoms with Gasteiger partial charge in [0.05, 0.1) is 24.1 Å². The van der Waals surface area contributed by atoms with Crippen LogP contribution in [0.2, 0.25) is 0 Å². The topological polar surface area (TPSA) is 56.9 Å². The molecule has 23 heavy (non-hydrogen) atoms. The monoisotopic (exact) mass is 466 g/mol. The van der Waals surface area contributed by atoms with E-state index in [4.69, 9.17) is 0 Å². The normalized spacial score (nSPS) is 11.6. The molecular weight excluding hydrogens is 460 g/mol. The third-order valence-corrected chi connectivity index (χ3v) is 6.15. The van der Waals surface area contributed by atoms with Crippen LogP contribution in [-0.4, -0.2) is 10.1 Å². The van der Waals surface area contributed by atoms with Crippen molar-refractivity contribution in [2.45, 2.75) is 4.34 Å². The number of phenols is 1. The summed E-state index contributed by atoms with van der Waals surface area (Å²) in [6.45, 7) is 0. The molecule has 0 saturated carbocycles. The van der Waals surface area contributed by atoms with E-state index in [2.05, 4.69) is 42.9 Å². The van der Waals surface area contributed by atoms with Crippen molar-refractivity contribution in [3.63, 3.8) is 0 Å². The maximum Gasteiger partial charge on any atom is 0.156 e. The van der Waals surface area contributed by atoms with Gasteiger partial charge in [-0.1, -0.05) is 12.1 Å². The van der Waals surface area contributed by atoms with Gasteiger partial charge in [-0.3, -0.25) is 0 Å². The number of thioether (sulfide) groups is 1. The van der Waals surface area contributed by atoms with Gasteiger partial charge in [-0.05, 0) is 79.5 Å². The Labute approximate surface area is 157 Å². The van der Waals surface area contributed by atoms with E-state index < -0.39 is 0 Å². The van der Waals surface area contributed by atoms with E-state index in [1.54, 1.807) is 29.5 Å². The molecule has 0 aliphatic rings. The van der Waals surface area contributed by atoms with Crippen molar-refractivity contribution in [2.24, 2.45) is 0 Å². The number of para-hydroxylation sites is 1. The lowest BCUT2D eigenvalue weighted by molar-refractivity contribution is 0.468. The number of hydrogen-bond acceptors (Lipinski definition) is 5. The smallest absolute Gasteiger partial charge is 0.156 e. The summed E-state index contributed by atoms with van der Waals surface area (Å²) in [4.78, 5) is 5.06. The lowest BCUT2D eigenvalue weighted by Crippen LogP contribution is -1.79. The maximum absolute atomic E-state index is 9.74. The number of allylic oxidation sites excluding steroid dienone is 1. The van der Waals surface area contributed by atoms with E-state index in [0.29, 0.717) is 13.9 Å². The Morgan fingerprint density at radius 2 is 1.96 bits per heavy atom. The molecule has 3 nitrogen and oxygen atoms in total. The van der Waals surface area contributed by atoms with Gasteiger partial charge in [0, 0.05) is 0 Å². The molecule has 0 spiro atoms. The molecule has 2 aromatic carbocycles. The molecular formula is C16H8Br2N2OS2. The Morgan fingerprint density at radius 3 is 2.61 bits per heavy atom. The molecule has 0 atom stereocenters. The lowest BCUT2D eigenvalue weighted by atomic mass is 10.2. The van der Waals surface area contributed by atoms with Crippen LogP contribution in [0.3, 0.4) is 0 Å². The lowest BCUT2D eigenvalue weighted by Gasteiger charge is -2.03. The van der Waals surface area contributed by atoms with Crippen molar-refractivity contribution in [3.8, 4) is 11.8 Å². The molecule has 7 heteroatoms. The molecule has 0 unspecified atom stereocenters. The van der Waals surface area contributed by atoms with Gasteiger partial charge in [0.15, 0.2) is 4.34 Å². The van der Waals surface area contributed by atoms with Crippen molar-refractivity contribution >= 4 is 71.3 Å². The molecule has 3 rings (SSSR count). The number of nitriles is 1. The molecule has 0 amide bonds. The van der Waals surface area contributed by atoms with E-state index in [9.17, 15) is 10.4 Å². The number of phenolic OH excluding ortho intramolecular Hbond substituents is 1. The highest BCUT2D eigenvalue weighted by Gasteiger charge is 2.09. The first-order chi connectivity index (χ1) is 11.1. The number of hydrogen-bond donors (Lipinski definition) is 1. The van der Waals surface area contributed by atoms with Gasteiger partial charge in [0.1, 0.15) is 11.8 Å². The summed E-state index contributed by atoms with van der Waals surface area (Å²) in [6.07, 6.45) is 1.77. The number of aromatic nitrogens is 1. The molecule has 3 aromatic rings. The summed E-state index contributed by atoms with van der Waals surface area (Å²) in [6, 6.07) is 13.6. The number of aromatic hydroxyl groups is 1. The Hall–Kier alpha value is -1.33. The second-order valence-electron chi connectivity index (χ2n) is 4.50. The summed E-state index contributed by atoms with van der Waals surface area (Å²) in [5, 5.41) is 19.1. The quantitative estimate of drug-likeness (QED) is 0.368. The van der Waals surface area contributed by atoms with Gasteiger partial charge in [0.25, 0.3) is 0 Å². The highest BCUT2D eigenvalue weighted by molar-refractivity contribution is 9.11. The van der Waals surface area contributed by atoms with Crippen molar-refractivity contribution in [2.75, 3.05) is 0 Å². The Balaban J connectivity index is 1.92. The summed E-state index contributed by atoms with van der Waals surface area (Å²) in [5.74, 6) is 0.138. The summed E-state index contributed by atoms with van der Waals surface area (Å²) >= 11 is 9.48. The maximum atomic E-state index is 9.74. The van der Waals surface area contributed by atoms with E-state index in [0.717, 1.165) is 20.1 Å². The van der Waals surface area contributed by atoms with E-state index in [1.165, 1.54) is 11.8 Å². The van der Waals surface area contributed by atoms with E-state index in [1.807, 2.05) is 24.3 Å². The van der Waals surface area contributed by atoms with Crippen LogP contribution in [0.1, 0.15) is 5.56 Å². The number of thiazole rings is 1. The summed E-state index contributed by atoms with van der Waals surface area (Å²) in [7, 11) is 0. The van der Waals surface area contributed by atoms with Gasteiger partial charge in [-0.2, -0.15) is 5.26 Å². The molecule has 114 valence electrons. The van der Waals surface area contributed by atoms with Gasteiger partial charge in [-0.15, -0.1) is 11.3 Å². The minimum Gasteiger partial charge on any atom is -0.506 e. The first kappa shape index (κ1) is 16.5. The zero-order valence-electron chi connectivity index (χ0n) is 11.5. The van der Waals surface area contributed by atoms with Crippen molar-refractivity contribution < 1.29 is 5.11 Å². The molecule has 0 aliphatic heterocycles. The summed E-state index contributed by atoms with van der Waals surface area (Å²) in [5.41, 5.74) is 1.75. The van der Waals surface area contributed by atoms with E-state index in [-0.39, 0.29) is 5.75 Å². The molecule has 0 radical (unpaired) electrons. The molecule has 0 saturated heterocycles. The standard InChI is InChI=1S/C16H8Br2N2OS2/c17-11-6-9(7-12(18)15(11)21)5-10(8-19)22-16-20-13-3-1-2-4-14(13)23-16/h1-7,21H. The number of nitrogens with zero attached hydrogens (tertiary/aromatic N) is 2. The van der Waals surface area contributed by atoms with Gasteiger partial charge < -0.3 is 5.11 Å². The van der Waals surface area contributed by atoms with Crippen LogP contribution >= 0.6 is 55.0 Å². The SMILES string of the molecule is N#CC(=Cc1cc(Br)c(O)c(Br)c1)Sc1nc2ccccc2s1. The molecule has 1 heterocycles. The van der Waals surface area contributed by atoms with Crippen LogP contribution in [0.25, 0.3) is 16.3 Å². The third-order valence-electron chi connectivity index (χ3n) is 2.92. The predicted octanol–water partition coefficient (Wildman–Crippen LogP) is 6.18. The minimum atomic E-state index is 0.138. The van der Waals surface area contributed by atoms with Crippen LogP contribution in [0, 0.1) is 11.3 Å². The Bertz CT molecular complexity index is 904. The Kier molecular flexibility index (Phi) is 5.07. The molecule has 0 fully saturated rings. The molecule has 0 aliphatic carbocycles. The van der Waals surface area contributed by atoms with E-state index >= 15 is 0 Å². The van der Waals surface area contributed by atoms with Crippen LogP contribution in [0.15, 0.2) is 54.6 Å². The molecule has 0 bridgehead atoms. The molecule has 1 N–H and O–H groups in total. The number of halogens is 2. The van der Waals surface area contributed by atoms with Crippen molar-refractivity contribution in [1.29, 1.82) is 5.26 Å². The summed E-state index contributed by atoms with van der Waals surface area (Å²) < 4.78 is 3.07. The van der Waals surface area contributed by atoms with Crippen LogP contribution in [0.4, 0.5) is 0 Å². The highest BCUT2D eigenvalue weighted by atomic mass is 79.9. The number of rotatable bonds is 3. The molecule has 1 aromatic heterocycles. The van der Waals surface area contributed by atoms with Crippen LogP contribution in [0.5, 0.6) is 5.75 Å². The largest absolute Gasteiger partial charge is 0.506 e. The number of benzene rings is 2. The highest BCUT2D eigenvalue weighted by Crippen LogP contribution is 2.37. The fourth-order valence-electron chi connectivity index (χ4n) is 1.89. The predicted molar refractivity (Wildman–Crippen MR) is 103 cm³/mol. The first-order valence-electron chi connectivity index (χ1n) is 6.40. The second kappa shape index (κ2) is 7.05. The number of fused-ring (bicyclic) bond motifs is 1. The minimum absolute atomic E-state index is 0.138. The van der Waals surface area contributed by atoms with Gasteiger partial charge in [0.2, 0.25) is 0 Å². The van der Waals surface area contributed by atoms with Crippen molar-refractivity contribution in [3.05, 3.63) is 55.8 Å². The zero-order chi connectivity index (χ0) is 16.4. The van der Waals surface area contributed by atoms with Crippen molar-refractivity contribution in [1.82, 2.24) is 4.98 Å². The fourth-order valence-corrected chi connectivity index (χ4v) is 5.09. The second-order valence-corrected chi connectivity index (χ2v) is 8.53. The fraction of sp³-hybridized carbons (Fsp3) is 0. The zero-order valence-corrected chi connectivity index (χ0v) is 16.3. The van der Waals surface area contributed by atoms with Gasteiger partial charge in [-0.25, -0.2) is 4.98 Å².